The van der Waals surface area contributed by atoms with Crippen molar-refractivity contribution in [3.8, 4) is 0 Å². The van der Waals surface area contributed by atoms with Crippen molar-refractivity contribution >= 4 is 29.1 Å². The topological polar surface area (TPSA) is 76.1 Å². The van der Waals surface area contributed by atoms with Crippen molar-refractivity contribution in [2.24, 2.45) is 0 Å². The Morgan fingerprint density at radius 2 is 1.78 bits per heavy atom. The zero-order chi connectivity index (χ0) is 19.2. The average Bonchev–Trinajstić information content (AvgIpc) is 2.67. The highest BCUT2D eigenvalue weighted by Crippen LogP contribution is 2.20. The van der Waals surface area contributed by atoms with Gasteiger partial charge in [0.2, 0.25) is 5.95 Å². The number of aromatic nitrogens is 2. The third-order valence-electron chi connectivity index (χ3n) is 4.03. The lowest BCUT2D eigenvalue weighted by Gasteiger charge is -2.11. The lowest BCUT2D eigenvalue weighted by Crippen LogP contribution is -2.04. The molecule has 0 bridgehead atoms. The monoisotopic (exact) mass is 362 g/mol. The lowest BCUT2D eigenvalue weighted by molar-refractivity contribution is 0.0601. The molecule has 27 heavy (non-hydrogen) atoms. The van der Waals surface area contributed by atoms with Crippen molar-refractivity contribution < 1.29 is 9.53 Å². The molecule has 0 amide bonds. The van der Waals surface area contributed by atoms with Gasteiger partial charge in [0.05, 0.1) is 12.7 Å². The van der Waals surface area contributed by atoms with Gasteiger partial charge in [-0.25, -0.2) is 9.78 Å². The van der Waals surface area contributed by atoms with Crippen LogP contribution in [0.3, 0.4) is 0 Å². The second-order valence-corrected chi connectivity index (χ2v) is 6.09. The third-order valence-corrected chi connectivity index (χ3v) is 4.03. The number of methoxy groups -OCH3 is 1. The lowest BCUT2D eigenvalue weighted by atomic mass is 10.1. The van der Waals surface area contributed by atoms with Crippen LogP contribution in [0.15, 0.2) is 54.6 Å². The minimum atomic E-state index is -0.379. The van der Waals surface area contributed by atoms with Crippen molar-refractivity contribution in [1.82, 2.24) is 9.97 Å². The van der Waals surface area contributed by atoms with Gasteiger partial charge >= 0.3 is 5.97 Å². The fourth-order valence-electron chi connectivity index (χ4n) is 2.63. The van der Waals surface area contributed by atoms with Gasteiger partial charge in [0.1, 0.15) is 5.82 Å². The van der Waals surface area contributed by atoms with Gasteiger partial charge in [-0.3, -0.25) is 0 Å². The molecule has 6 nitrogen and oxygen atoms in total. The molecule has 0 saturated carbocycles. The molecule has 0 atom stereocenters. The van der Waals surface area contributed by atoms with Crippen LogP contribution in [0.4, 0.5) is 23.1 Å². The maximum absolute atomic E-state index is 11.7. The summed E-state index contributed by atoms with van der Waals surface area (Å²) >= 11 is 0. The minimum Gasteiger partial charge on any atom is -0.465 e. The molecule has 0 aliphatic heterocycles. The van der Waals surface area contributed by atoms with Gasteiger partial charge in [0.15, 0.2) is 0 Å². The zero-order valence-corrected chi connectivity index (χ0v) is 15.6. The summed E-state index contributed by atoms with van der Waals surface area (Å²) in [4.78, 5) is 20.6. The predicted octanol–water partition coefficient (Wildman–Crippen LogP) is 4.62. The smallest absolute Gasteiger partial charge is 0.337 e. The normalized spacial score (nSPS) is 10.3. The number of carbonyl (C=O) groups excluding carboxylic acids is 1. The van der Waals surface area contributed by atoms with E-state index in [1.807, 2.05) is 31.2 Å². The number of nitrogens with one attached hydrogen (secondary N) is 2. The van der Waals surface area contributed by atoms with E-state index in [0.717, 1.165) is 23.5 Å². The number of rotatable bonds is 6. The Morgan fingerprint density at radius 1 is 1.00 bits per heavy atom. The van der Waals surface area contributed by atoms with E-state index < -0.39 is 0 Å². The maximum Gasteiger partial charge on any atom is 0.337 e. The molecular formula is C21H22N4O2. The largest absolute Gasteiger partial charge is 0.465 e. The third kappa shape index (κ3) is 4.82. The van der Waals surface area contributed by atoms with E-state index in [2.05, 4.69) is 39.7 Å². The summed E-state index contributed by atoms with van der Waals surface area (Å²) in [7, 11) is 1.36. The Hall–Kier alpha value is -3.41. The number of aryl methyl sites for hydroxylation is 2. The van der Waals surface area contributed by atoms with E-state index in [-0.39, 0.29) is 5.97 Å². The maximum atomic E-state index is 11.7. The second kappa shape index (κ2) is 8.31. The Morgan fingerprint density at radius 3 is 2.48 bits per heavy atom. The van der Waals surface area contributed by atoms with Crippen molar-refractivity contribution in [2.75, 3.05) is 17.7 Å². The van der Waals surface area contributed by atoms with Crippen LogP contribution >= 0.6 is 0 Å². The molecule has 0 spiro atoms. The van der Waals surface area contributed by atoms with Crippen molar-refractivity contribution in [3.05, 3.63) is 71.4 Å². The molecule has 1 aromatic heterocycles. The van der Waals surface area contributed by atoms with Crippen LogP contribution in [-0.2, 0) is 11.2 Å². The van der Waals surface area contributed by atoms with Gasteiger partial charge in [-0.15, -0.1) is 0 Å². The Labute approximate surface area is 158 Å². The number of anilines is 4. The zero-order valence-electron chi connectivity index (χ0n) is 15.6. The van der Waals surface area contributed by atoms with Gasteiger partial charge in [0, 0.05) is 23.1 Å². The Kier molecular flexibility index (Phi) is 5.66. The standard InChI is InChI=1S/C21H22N4O2/c1-4-15-8-10-17(11-9-15)24-21-22-14(2)12-19(25-21)23-18-7-5-6-16(13-18)20(26)27-3/h5-13H,4H2,1-3H3,(H2,22,23,24,25). The molecule has 1 heterocycles. The first-order valence-electron chi connectivity index (χ1n) is 8.74. The molecule has 0 fully saturated rings. The number of ether oxygens (including phenoxy) is 1. The van der Waals surface area contributed by atoms with Crippen LogP contribution in [0.25, 0.3) is 0 Å². The molecular weight excluding hydrogens is 340 g/mol. The number of hydrogen-bond acceptors (Lipinski definition) is 6. The molecule has 6 heteroatoms. The van der Waals surface area contributed by atoms with Crippen molar-refractivity contribution in [3.63, 3.8) is 0 Å². The summed E-state index contributed by atoms with van der Waals surface area (Å²) in [5.41, 5.74) is 4.25. The molecule has 0 aliphatic rings. The fourth-order valence-corrected chi connectivity index (χ4v) is 2.63. The van der Waals surface area contributed by atoms with E-state index in [9.17, 15) is 4.79 Å². The summed E-state index contributed by atoms with van der Waals surface area (Å²) in [6.07, 6.45) is 1.000. The molecule has 0 saturated heterocycles. The van der Waals surface area contributed by atoms with Crippen LogP contribution in [0, 0.1) is 6.92 Å². The molecule has 2 aromatic carbocycles. The summed E-state index contributed by atoms with van der Waals surface area (Å²) in [6, 6.07) is 17.1. The molecule has 0 radical (unpaired) electrons. The van der Waals surface area contributed by atoms with Crippen LogP contribution in [0.5, 0.6) is 0 Å². The van der Waals surface area contributed by atoms with Crippen LogP contribution in [0.1, 0.15) is 28.5 Å². The van der Waals surface area contributed by atoms with Gasteiger partial charge in [-0.2, -0.15) is 4.98 Å². The van der Waals surface area contributed by atoms with Gasteiger partial charge < -0.3 is 15.4 Å². The van der Waals surface area contributed by atoms with Gasteiger partial charge in [0.25, 0.3) is 0 Å². The summed E-state index contributed by atoms with van der Waals surface area (Å²) < 4.78 is 4.76. The number of hydrogen-bond donors (Lipinski definition) is 2. The Balaban J connectivity index is 1.79. The van der Waals surface area contributed by atoms with E-state index in [1.54, 1.807) is 18.2 Å². The molecule has 0 aliphatic carbocycles. The predicted molar refractivity (Wildman–Crippen MR) is 107 cm³/mol. The van der Waals surface area contributed by atoms with E-state index in [4.69, 9.17) is 4.74 Å². The number of carbonyl (C=O) groups is 1. The number of esters is 1. The first kappa shape index (κ1) is 18.4. The average molecular weight is 362 g/mol. The van der Waals surface area contributed by atoms with Crippen LogP contribution in [-0.4, -0.2) is 23.0 Å². The highest BCUT2D eigenvalue weighted by Gasteiger charge is 2.08. The van der Waals surface area contributed by atoms with E-state index in [1.165, 1.54) is 12.7 Å². The quantitative estimate of drug-likeness (QED) is 0.623. The first-order valence-corrected chi connectivity index (χ1v) is 8.74. The Bertz CT molecular complexity index is 939. The van der Waals surface area contributed by atoms with Crippen LogP contribution < -0.4 is 10.6 Å². The van der Waals surface area contributed by atoms with Gasteiger partial charge in [-0.1, -0.05) is 25.1 Å². The molecule has 138 valence electrons. The second-order valence-electron chi connectivity index (χ2n) is 6.09. The number of nitrogens with zero attached hydrogens (tertiary/aromatic N) is 2. The van der Waals surface area contributed by atoms with Crippen LogP contribution in [0.2, 0.25) is 0 Å². The van der Waals surface area contributed by atoms with E-state index in [0.29, 0.717) is 17.3 Å². The fraction of sp³-hybridized carbons (Fsp3) is 0.190. The SMILES string of the molecule is CCc1ccc(Nc2nc(C)cc(Nc3cccc(C(=O)OC)c3)n2)cc1. The number of benzene rings is 2. The van der Waals surface area contributed by atoms with Gasteiger partial charge in [-0.05, 0) is 49.2 Å². The summed E-state index contributed by atoms with van der Waals surface area (Å²) in [6.45, 7) is 4.03. The molecule has 3 aromatic rings. The molecule has 2 N–H and O–H groups in total. The first-order chi connectivity index (χ1) is 13.1. The molecule has 0 unspecified atom stereocenters. The van der Waals surface area contributed by atoms with Crippen molar-refractivity contribution in [2.45, 2.75) is 20.3 Å². The summed E-state index contributed by atoms with van der Waals surface area (Å²) in [5.74, 6) is 0.762. The molecule has 3 rings (SSSR count). The highest BCUT2D eigenvalue weighted by atomic mass is 16.5. The summed E-state index contributed by atoms with van der Waals surface area (Å²) in [5, 5.41) is 6.43. The highest BCUT2D eigenvalue weighted by molar-refractivity contribution is 5.90. The van der Waals surface area contributed by atoms with E-state index >= 15 is 0 Å². The van der Waals surface area contributed by atoms with Crippen molar-refractivity contribution in [1.29, 1.82) is 0 Å². The minimum absolute atomic E-state index is 0.379.